The first-order valence-corrected chi connectivity index (χ1v) is 13.1. The third-order valence-corrected chi connectivity index (χ3v) is 8.11. The number of anilines is 1. The van der Waals surface area contributed by atoms with Gasteiger partial charge in [0.1, 0.15) is 12.7 Å². The van der Waals surface area contributed by atoms with Crippen molar-refractivity contribution in [3.8, 4) is 0 Å². The van der Waals surface area contributed by atoms with Crippen LogP contribution in [0.15, 0.2) is 28.8 Å². The van der Waals surface area contributed by atoms with Gasteiger partial charge in [-0.05, 0) is 61.1 Å². The van der Waals surface area contributed by atoms with Gasteiger partial charge in [-0.1, -0.05) is 18.2 Å². The van der Waals surface area contributed by atoms with E-state index in [1.165, 1.54) is 0 Å². The van der Waals surface area contributed by atoms with Gasteiger partial charge in [0.25, 0.3) is 5.91 Å². The van der Waals surface area contributed by atoms with E-state index in [9.17, 15) is 13.8 Å². The van der Waals surface area contributed by atoms with E-state index in [0.717, 1.165) is 40.1 Å². The van der Waals surface area contributed by atoms with E-state index < -0.39 is 22.2 Å². The number of allylic oxidation sites excluding steroid dienone is 1. The molecule has 0 spiro atoms. The Morgan fingerprint density at radius 3 is 2.65 bits per heavy atom. The van der Waals surface area contributed by atoms with Gasteiger partial charge in [-0.3, -0.25) is 9.69 Å². The van der Waals surface area contributed by atoms with E-state index in [0.29, 0.717) is 19.5 Å². The molecule has 4 rings (SSSR count). The summed E-state index contributed by atoms with van der Waals surface area (Å²) >= 11 is 0. The summed E-state index contributed by atoms with van der Waals surface area (Å²) in [6, 6.07) is 3.92. The first-order valence-electron chi connectivity index (χ1n) is 11.3. The number of aliphatic hydroxyl groups excluding tert-OH is 1. The van der Waals surface area contributed by atoms with Crippen LogP contribution in [0.2, 0.25) is 0 Å². The average molecular weight is 488 g/mol. The van der Waals surface area contributed by atoms with E-state index in [1.807, 2.05) is 45.2 Å². The number of aryl methyl sites for hydroxylation is 3. The van der Waals surface area contributed by atoms with Gasteiger partial charge in [-0.15, -0.1) is 5.10 Å². The Labute approximate surface area is 198 Å². The van der Waals surface area contributed by atoms with Crippen molar-refractivity contribution in [3.63, 3.8) is 0 Å². The zero-order valence-corrected chi connectivity index (χ0v) is 20.4. The van der Waals surface area contributed by atoms with Crippen LogP contribution in [-0.4, -0.2) is 67.1 Å². The molecule has 1 N–H and O–H groups in total. The lowest BCUT2D eigenvalue weighted by molar-refractivity contribution is -0.120. The van der Waals surface area contributed by atoms with E-state index in [4.69, 9.17) is 9.84 Å². The summed E-state index contributed by atoms with van der Waals surface area (Å²) in [5.41, 5.74) is 5.76. The van der Waals surface area contributed by atoms with Crippen molar-refractivity contribution in [2.45, 2.75) is 46.3 Å². The highest BCUT2D eigenvalue weighted by Gasteiger charge is 2.33. The minimum absolute atomic E-state index is 0.177. The maximum Gasteiger partial charge on any atom is 0.414 e. The van der Waals surface area contributed by atoms with Gasteiger partial charge in [0.15, 0.2) is 0 Å². The molecule has 1 aromatic carbocycles. The second-order valence-corrected chi connectivity index (χ2v) is 11.1. The number of nitrogens with zero attached hydrogens (tertiary/aromatic N) is 5. The summed E-state index contributed by atoms with van der Waals surface area (Å²) < 4.78 is 23.7. The lowest BCUT2D eigenvalue weighted by atomic mass is 9.93. The minimum Gasteiger partial charge on any atom is -0.442 e. The fourth-order valence-electron chi connectivity index (χ4n) is 4.44. The number of hydrogen-bond donors (Lipinski definition) is 1. The van der Waals surface area contributed by atoms with Gasteiger partial charge in [-0.25, -0.2) is 13.7 Å². The van der Waals surface area contributed by atoms with Crippen molar-refractivity contribution < 1.29 is 23.6 Å². The van der Waals surface area contributed by atoms with Gasteiger partial charge < -0.3 is 9.84 Å². The highest BCUT2D eigenvalue weighted by atomic mass is 32.2. The predicted molar refractivity (Wildman–Crippen MR) is 128 cm³/mol. The third kappa shape index (κ3) is 5.05. The van der Waals surface area contributed by atoms with Crippen molar-refractivity contribution in [3.05, 3.63) is 46.8 Å². The lowest BCUT2D eigenvalue weighted by Crippen LogP contribution is -2.26. The van der Waals surface area contributed by atoms with Crippen LogP contribution >= 0.6 is 0 Å². The molecule has 34 heavy (non-hydrogen) atoms. The second kappa shape index (κ2) is 9.67. The van der Waals surface area contributed by atoms with Crippen molar-refractivity contribution in [2.75, 3.05) is 29.6 Å². The van der Waals surface area contributed by atoms with Crippen molar-refractivity contribution in [2.24, 2.45) is 4.36 Å². The smallest absolute Gasteiger partial charge is 0.414 e. The van der Waals surface area contributed by atoms with Gasteiger partial charge in [0.05, 0.1) is 34.3 Å². The fourth-order valence-corrected chi connectivity index (χ4v) is 6.20. The number of aromatic nitrogens is 3. The van der Waals surface area contributed by atoms with Crippen LogP contribution in [0.1, 0.15) is 35.7 Å². The largest absolute Gasteiger partial charge is 0.442 e. The lowest BCUT2D eigenvalue weighted by Gasteiger charge is -2.22. The molecule has 10 nitrogen and oxygen atoms in total. The summed E-state index contributed by atoms with van der Waals surface area (Å²) in [6.07, 6.45) is 4.34. The Morgan fingerprint density at radius 2 is 2.06 bits per heavy atom. The Kier molecular flexibility index (Phi) is 6.85. The summed E-state index contributed by atoms with van der Waals surface area (Å²) in [7, 11) is -2.67. The van der Waals surface area contributed by atoms with Crippen LogP contribution in [0.4, 0.5) is 10.5 Å². The summed E-state index contributed by atoms with van der Waals surface area (Å²) in [5.74, 6) is -0.298. The van der Waals surface area contributed by atoms with Crippen LogP contribution in [0.25, 0.3) is 5.57 Å². The molecule has 2 amide bonds. The molecule has 0 aliphatic carbocycles. The average Bonchev–Trinajstić information content (AvgIpc) is 3.40. The number of benzene rings is 1. The standard InChI is InChI=1S/C23H29N5O5S/c1-4-18-11-27(26-24-18)12-20-13-28(23(31)33-20)19-9-15(2)22(16(3)10-19)17-5-7-34(32,8-6-17)25-21(30)14-29/h5,9-11,20,29H,4,6-8,12-14H2,1-3H3. The van der Waals surface area contributed by atoms with Gasteiger partial charge >= 0.3 is 6.09 Å². The molecule has 2 unspecified atom stereocenters. The maximum absolute atomic E-state index is 12.8. The number of ether oxygens (including phenoxy) is 1. The Balaban J connectivity index is 1.51. The molecular formula is C23H29N5O5S. The fraction of sp³-hybridized carbons (Fsp3) is 0.478. The molecule has 0 bridgehead atoms. The minimum atomic E-state index is -2.67. The molecule has 1 aromatic heterocycles. The van der Waals surface area contributed by atoms with Crippen LogP contribution < -0.4 is 4.90 Å². The Bertz CT molecular complexity index is 1250. The summed E-state index contributed by atoms with van der Waals surface area (Å²) in [6.45, 7) is 6.11. The third-order valence-electron chi connectivity index (χ3n) is 6.05. The zero-order chi connectivity index (χ0) is 24.5. The topological polar surface area (TPSA) is 127 Å². The Hall–Kier alpha value is -3.05. The van der Waals surface area contributed by atoms with Gasteiger partial charge in [0.2, 0.25) is 0 Å². The second-order valence-electron chi connectivity index (χ2n) is 8.62. The summed E-state index contributed by atoms with van der Waals surface area (Å²) in [5, 5.41) is 17.1. The quantitative estimate of drug-likeness (QED) is 0.662. The molecular weight excluding hydrogens is 458 g/mol. The number of carbonyl (C=O) groups is 2. The first kappa shape index (κ1) is 24.1. The number of rotatable bonds is 6. The number of carbonyl (C=O) groups excluding carboxylic acids is 2. The molecule has 3 heterocycles. The van der Waals surface area contributed by atoms with E-state index in [1.54, 1.807) is 9.58 Å². The van der Waals surface area contributed by atoms with Crippen LogP contribution in [0, 0.1) is 13.8 Å². The highest BCUT2D eigenvalue weighted by Crippen LogP contribution is 2.34. The first-order chi connectivity index (χ1) is 16.2. The molecule has 0 radical (unpaired) electrons. The van der Waals surface area contributed by atoms with Crippen LogP contribution in [0.3, 0.4) is 0 Å². The van der Waals surface area contributed by atoms with E-state index in [2.05, 4.69) is 14.7 Å². The Morgan fingerprint density at radius 1 is 1.32 bits per heavy atom. The monoisotopic (exact) mass is 487 g/mol. The van der Waals surface area contributed by atoms with Crippen molar-refractivity contribution in [1.82, 2.24) is 15.0 Å². The van der Waals surface area contributed by atoms with E-state index in [-0.39, 0.29) is 23.7 Å². The normalized spacial score (nSPS) is 22.5. The molecule has 11 heteroatoms. The highest BCUT2D eigenvalue weighted by molar-refractivity contribution is 7.94. The van der Waals surface area contributed by atoms with Gasteiger partial charge in [0, 0.05) is 17.6 Å². The molecule has 2 aromatic rings. The van der Waals surface area contributed by atoms with Crippen LogP contribution in [-0.2, 0) is 32.2 Å². The van der Waals surface area contributed by atoms with Crippen LogP contribution in [0.5, 0.6) is 0 Å². The maximum atomic E-state index is 12.8. The molecule has 2 aliphatic heterocycles. The number of aliphatic hydroxyl groups is 1. The summed E-state index contributed by atoms with van der Waals surface area (Å²) in [4.78, 5) is 25.6. The van der Waals surface area contributed by atoms with E-state index >= 15 is 0 Å². The number of amides is 2. The van der Waals surface area contributed by atoms with Crippen molar-refractivity contribution >= 4 is 33.0 Å². The number of cyclic esters (lactones) is 1. The zero-order valence-electron chi connectivity index (χ0n) is 19.6. The molecule has 0 saturated carbocycles. The molecule has 2 aliphatic rings. The SMILES string of the molecule is CCc1cn(CC2CN(c3cc(C)c(C4=CCS(=O)(=NC(=O)CO)CC4)c(C)c3)C(=O)O2)nn1. The van der Waals surface area contributed by atoms with Gasteiger partial charge in [-0.2, -0.15) is 4.36 Å². The molecule has 182 valence electrons. The molecule has 2 atom stereocenters. The number of hydrogen-bond acceptors (Lipinski definition) is 7. The molecule has 1 fully saturated rings. The predicted octanol–water partition coefficient (Wildman–Crippen LogP) is 2.26. The van der Waals surface area contributed by atoms with Crippen molar-refractivity contribution in [1.29, 1.82) is 0 Å². The molecule has 1 saturated heterocycles.